The van der Waals surface area contributed by atoms with E-state index in [2.05, 4.69) is 29.8 Å². The number of nitrogens with one attached hydrogen (secondary N) is 1. The smallest absolute Gasteiger partial charge is 0.0459 e. The molecule has 0 bridgehead atoms. The van der Waals surface area contributed by atoms with Gasteiger partial charge in [-0.3, -0.25) is 0 Å². The summed E-state index contributed by atoms with van der Waals surface area (Å²) in [5.74, 6) is 0.551. The third-order valence-electron chi connectivity index (χ3n) is 3.56. The van der Waals surface area contributed by atoms with Crippen LogP contribution in [0.5, 0.6) is 0 Å². The molecular formula is C13H21NOS. The van der Waals surface area contributed by atoms with Gasteiger partial charge >= 0.3 is 0 Å². The van der Waals surface area contributed by atoms with E-state index in [9.17, 15) is 0 Å². The van der Waals surface area contributed by atoms with Gasteiger partial charge in [-0.2, -0.15) is 0 Å². The van der Waals surface area contributed by atoms with Gasteiger partial charge in [0.25, 0.3) is 0 Å². The van der Waals surface area contributed by atoms with Gasteiger partial charge in [-0.1, -0.05) is 6.07 Å². The fraction of sp³-hybridized carbons (Fsp3) is 0.692. The van der Waals surface area contributed by atoms with Crippen molar-refractivity contribution in [2.75, 3.05) is 6.61 Å². The van der Waals surface area contributed by atoms with E-state index in [0.29, 0.717) is 24.6 Å². The lowest BCUT2D eigenvalue weighted by atomic mass is 9.86. The number of rotatable bonds is 4. The van der Waals surface area contributed by atoms with Crippen molar-refractivity contribution in [2.24, 2.45) is 5.92 Å². The first-order chi connectivity index (χ1) is 7.79. The van der Waals surface area contributed by atoms with Gasteiger partial charge in [-0.05, 0) is 50.0 Å². The number of hydrogen-bond acceptors (Lipinski definition) is 3. The maximum Gasteiger partial charge on any atom is 0.0459 e. The van der Waals surface area contributed by atoms with Crippen LogP contribution >= 0.6 is 11.3 Å². The van der Waals surface area contributed by atoms with Crippen LogP contribution in [0.2, 0.25) is 0 Å². The number of aliphatic hydroxyl groups excluding tert-OH is 1. The molecule has 2 N–H and O–H groups in total. The highest BCUT2D eigenvalue weighted by Crippen LogP contribution is 2.26. The Morgan fingerprint density at radius 3 is 2.75 bits per heavy atom. The van der Waals surface area contributed by atoms with Crippen molar-refractivity contribution in [3.8, 4) is 0 Å². The van der Waals surface area contributed by atoms with E-state index in [4.69, 9.17) is 5.11 Å². The van der Waals surface area contributed by atoms with Crippen molar-refractivity contribution < 1.29 is 5.11 Å². The van der Waals surface area contributed by atoms with Crippen LogP contribution in [0, 0.1) is 5.92 Å². The SMILES string of the molecule is CC(NC1CCC(CO)CC1)c1cccs1. The van der Waals surface area contributed by atoms with E-state index in [1.54, 1.807) is 0 Å². The standard InChI is InChI=1S/C13H21NOS/c1-10(13-3-2-8-16-13)14-12-6-4-11(9-15)5-7-12/h2-3,8,10-12,14-15H,4-7,9H2,1H3. The van der Waals surface area contributed by atoms with Crippen molar-refractivity contribution in [1.29, 1.82) is 0 Å². The Labute approximate surface area is 102 Å². The summed E-state index contributed by atoms with van der Waals surface area (Å²) in [4.78, 5) is 1.42. The third-order valence-corrected chi connectivity index (χ3v) is 4.62. The van der Waals surface area contributed by atoms with Crippen molar-refractivity contribution >= 4 is 11.3 Å². The molecule has 90 valence electrons. The molecule has 1 aliphatic rings. The summed E-state index contributed by atoms with van der Waals surface area (Å²) in [6, 6.07) is 5.42. The molecule has 1 atom stereocenters. The molecule has 16 heavy (non-hydrogen) atoms. The number of aliphatic hydroxyl groups is 1. The molecule has 0 aliphatic heterocycles. The molecule has 1 unspecified atom stereocenters. The summed E-state index contributed by atoms with van der Waals surface area (Å²) < 4.78 is 0. The van der Waals surface area contributed by atoms with E-state index in [1.165, 1.54) is 30.6 Å². The molecule has 1 heterocycles. The van der Waals surface area contributed by atoms with E-state index in [1.807, 2.05) is 11.3 Å². The Bertz CT molecular complexity index is 291. The second-order valence-corrected chi connectivity index (χ2v) is 5.78. The molecule has 0 saturated heterocycles. The number of hydrogen-bond donors (Lipinski definition) is 2. The lowest BCUT2D eigenvalue weighted by Gasteiger charge is -2.30. The first kappa shape index (κ1) is 12.1. The quantitative estimate of drug-likeness (QED) is 0.846. The Hall–Kier alpha value is -0.380. The second kappa shape index (κ2) is 5.80. The normalized spacial score (nSPS) is 27.9. The Morgan fingerprint density at radius 2 is 2.19 bits per heavy atom. The van der Waals surface area contributed by atoms with Crippen molar-refractivity contribution in [3.63, 3.8) is 0 Å². The zero-order valence-corrected chi connectivity index (χ0v) is 10.7. The fourth-order valence-corrected chi connectivity index (χ4v) is 3.23. The lowest BCUT2D eigenvalue weighted by Crippen LogP contribution is -2.35. The maximum absolute atomic E-state index is 9.09. The molecule has 1 aromatic rings. The van der Waals surface area contributed by atoms with E-state index in [0.717, 1.165) is 0 Å². The highest BCUT2D eigenvalue weighted by atomic mass is 32.1. The predicted molar refractivity (Wildman–Crippen MR) is 68.7 cm³/mol. The molecule has 0 amide bonds. The van der Waals surface area contributed by atoms with Crippen LogP contribution in [0.4, 0.5) is 0 Å². The van der Waals surface area contributed by atoms with Gasteiger partial charge in [0, 0.05) is 23.6 Å². The Balaban J connectivity index is 1.78. The van der Waals surface area contributed by atoms with Crippen LogP contribution in [0.25, 0.3) is 0 Å². The minimum absolute atomic E-state index is 0.368. The summed E-state index contributed by atoms with van der Waals surface area (Å²) in [7, 11) is 0. The maximum atomic E-state index is 9.09. The molecule has 2 nitrogen and oxygen atoms in total. The second-order valence-electron chi connectivity index (χ2n) is 4.80. The molecule has 1 aliphatic carbocycles. The molecule has 3 heteroatoms. The van der Waals surface area contributed by atoms with Gasteiger partial charge in [0.15, 0.2) is 0 Å². The first-order valence-electron chi connectivity index (χ1n) is 6.20. The molecule has 0 aromatic carbocycles. The first-order valence-corrected chi connectivity index (χ1v) is 7.08. The van der Waals surface area contributed by atoms with Crippen molar-refractivity contribution in [1.82, 2.24) is 5.32 Å². The highest BCUT2D eigenvalue weighted by molar-refractivity contribution is 7.10. The van der Waals surface area contributed by atoms with Crippen LogP contribution in [0.15, 0.2) is 17.5 Å². The molecule has 2 rings (SSSR count). The zero-order valence-electron chi connectivity index (χ0n) is 9.86. The molecule has 1 aromatic heterocycles. The highest BCUT2D eigenvalue weighted by Gasteiger charge is 2.21. The van der Waals surface area contributed by atoms with Gasteiger partial charge in [0.2, 0.25) is 0 Å². The molecular weight excluding hydrogens is 218 g/mol. The van der Waals surface area contributed by atoms with E-state index < -0.39 is 0 Å². The van der Waals surface area contributed by atoms with E-state index >= 15 is 0 Å². The largest absolute Gasteiger partial charge is 0.396 e. The van der Waals surface area contributed by atoms with Crippen molar-refractivity contribution in [2.45, 2.75) is 44.7 Å². The average Bonchev–Trinajstić information content (AvgIpc) is 2.83. The molecule has 1 saturated carbocycles. The van der Waals surface area contributed by atoms with Gasteiger partial charge < -0.3 is 10.4 Å². The van der Waals surface area contributed by atoms with Crippen molar-refractivity contribution in [3.05, 3.63) is 22.4 Å². The van der Waals surface area contributed by atoms with Crippen LogP contribution in [-0.2, 0) is 0 Å². The van der Waals surface area contributed by atoms with E-state index in [-0.39, 0.29) is 0 Å². The van der Waals surface area contributed by atoms with Crippen LogP contribution < -0.4 is 5.32 Å². The topological polar surface area (TPSA) is 32.3 Å². The lowest BCUT2D eigenvalue weighted by molar-refractivity contribution is 0.172. The van der Waals surface area contributed by atoms with Crippen LogP contribution in [0.3, 0.4) is 0 Å². The van der Waals surface area contributed by atoms with Gasteiger partial charge in [0.1, 0.15) is 0 Å². The average molecular weight is 239 g/mol. The summed E-state index contributed by atoms with van der Waals surface area (Å²) >= 11 is 1.82. The molecule has 1 fully saturated rings. The summed E-state index contributed by atoms with van der Waals surface area (Å²) in [6.45, 7) is 2.61. The summed E-state index contributed by atoms with van der Waals surface area (Å²) in [5.41, 5.74) is 0. The predicted octanol–water partition coefficient (Wildman–Crippen LogP) is 2.95. The Kier molecular flexibility index (Phi) is 4.38. The Morgan fingerprint density at radius 1 is 1.44 bits per heavy atom. The van der Waals surface area contributed by atoms with Crippen LogP contribution in [-0.4, -0.2) is 17.8 Å². The summed E-state index contributed by atoms with van der Waals surface area (Å²) in [6.07, 6.45) is 4.76. The summed E-state index contributed by atoms with van der Waals surface area (Å²) in [5, 5.41) is 14.9. The number of thiophene rings is 1. The third kappa shape index (κ3) is 3.06. The zero-order chi connectivity index (χ0) is 11.4. The molecule has 0 radical (unpaired) electrons. The minimum Gasteiger partial charge on any atom is -0.396 e. The van der Waals surface area contributed by atoms with Gasteiger partial charge in [-0.15, -0.1) is 11.3 Å². The van der Waals surface area contributed by atoms with Gasteiger partial charge in [0.05, 0.1) is 0 Å². The van der Waals surface area contributed by atoms with Crippen LogP contribution in [0.1, 0.15) is 43.5 Å². The molecule has 0 spiro atoms. The fourth-order valence-electron chi connectivity index (χ4n) is 2.49. The van der Waals surface area contributed by atoms with Gasteiger partial charge in [-0.25, -0.2) is 0 Å². The monoisotopic (exact) mass is 239 g/mol. The minimum atomic E-state index is 0.368.